The smallest absolute Gasteiger partial charge is 0.327 e. The molecule has 4 heteroatoms. The number of para-hydroxylation sites is 1. The van der Waals surface area contributed by atoms with Crippen molar-refractivity contribution in [3.8, 4) is 5.75 Å². The molecule has 2 aromatic rings. The Bertz CT molecular complexity index is 542. The third kappa shape index (κ3) is 4.61. The molecule has 0 saturated heterocycles. The van der Waals surface area contributed by atoms with Gasteiger partial charge in [0.15, 0.2) is 0 Å². The van der Waals surface area contributed by atoms with Crippen molar-refractivity contribution in [2.75, 3.05) is 20.3 Å². The summed E-state index contributed by atoms with van der Waals surface area (Å²) in [5, 5.41) is 3.16. The molecular formula is C17H19NO3. The quantitative estimate of drug-likeness (QED) is 0.627. The summed E-state index contributed by atoms with van der Waals surface area (Å²) in [6, 6.07) is 18.6. The van der Waals surface area contributed by atoms with Crippen LogP contribution in [0, 0.1) is 0 Å². The third-order valence-electron chi connectivity index (χ3n) is 3.03. The second-order valence-electron chi connectivity index (χ2n) is 4.48. The summed E-state index contributed by atoms with van der Waals surface area (Å²) in [6.45, 7) is 1.02. The van der Waals surface area contributed by atoms with E-state index < -0.39 is 6.04 Å². The van der Waals surface area contributed by atoms with Crippen LogP contribution in [0.3, 0.4) is 0 Å². The fourth-order valence-corrected chi connectivity index (χ4v) is 1.99. The maximum Gasteiger partial charge on any atom is 0.327 e. The molecule has 0 aliphatic rings. The van der Waals surface area contributed by atoms with Crippen molar-refractivity contribution in [3.63, 3.8) is 0 Å². The first-order valence-electron chi connectivity index (χ1n) is 6.85. The lowest BCUT2D eigenvalue weighted by atomic mass is 10.1. The van der Waals surface area contributed by atoms with Crippen molar-refractivity contribution >= 4 is 5.97 Å². The van der Waals surface area contributed by atoms with Crippen LogP contribution in [0.15, 0.2) is 60.7 Å². The zero-order valence-electron chi connectivity index (χ0n) is 12.0. The highest BCUT2D eigenvalue weighted by Crippen LogP contribution is 2.14. The molecule has 0 bridgehead atoms. The van der Waals surface area contributed by atoms with Crippen LogP contribution in [0.25, 0.3) is 0 Å². The van der Waals surface area contributed by atoms with Gasteiger partial charge < -0.3 is 9.47 Å². The van der Waals surface area contributed by atoms with Gasteiger partial charge in [0.25, 0.3) is 0 Å². The van der Waals surface area contributed by atoms with Gasteiger partial charge in [0, 0.05) is 6.54 Å². The molecule has 0 spiro atoms. The molecule has 1 N–H and O–H groups in total. The Morgan fingerprint density at radius 1 is 1.05 bits per heavy atom. The van der Waals surface area contributed by atoms with Crippen molar-refractivity contribution in [1.29, 1.82) is 0 Å². The molecule has 0 fully saturated rings. The minimum absolute atomic E-state index is 0.305. The molecule has 2 aromatic carbocycles. The molecule has 0 heterocycles. The molecule has 4 nitrogen and oxygen atoms in total. The Hall–Kier alpha value is -2.33. The molecule has 0 amide bonds. The minimum atomic E-state index is -0.476. The van der Waals surface area contributed by atoms with Gasteiger partial charge in [-0.2, -0.15) is 0 Å². The lowest BCUT2D eigenvalue weighted by molar-refractivity contribution is -0.143. The number of methoxy groups -OCH3 is 1. The monoisotopic (exact) mass is 285 g/mol. The molecule has 0 saturated carbocycles. The van der Waals surface area contributed by atoms with Crippen LogP contribution < -0.4 is 10.1 Å². The summed E-state index contributed by atoms with van der Waals surface area (Å²) >= 11 is 0. The van der Waals surface area contributed by atoms with Gasteiger partial charge in [0.05, 0.1) is 7.11 Å². The minimum Gasteiger partial charge on any atom is -0.492 e. The number of carbonyl (C=O) groups is 1. The Balaban J connectivity index is 1.87. The predicted molar refractivity (Wildman–Crippen MR) is 81.1 cm³/mol. The van der Waals surface area contributed by atoms with Gasteiger partial charge in [-0.1, -0.05) is 48.5 Å². The van der Waals surface area contributed by atoms with Crippen molar-refractivity contribution in [1.82, 2.24) is 5.32 Å². The summed E-state index contributed by atoms with van der Waals surface area (Å²) in [5.41, 5.74) is 0.879. The number of benzene rings is 2. The number of ether oxygens (including phenoxy) is 2. The van der Waals surface area contributed by atoms with Crippen LogP contribution in [0.5, 0.6) is 5.75 Å². The van der Waals surface area contributed by atoms with E-state index in [0.29, 0.717) is 13.2 Å². The lowest BCUT2D eigenvalue weighted by Crippen LogP contribution is -2.32. The second kappa shape index (κ2) is 8.07. The van der Waals surface area contributed by atoms with Gasteiger partial charge in [-0.05, 0) is 17.7 Å². The van der Waals surface area contributed by atoms with E-state index in [-0.39, 0.29) is 5.97 Å². The summed E-state index contributed by atoms with van der Waals surface area (Å²) in [5.74, 6) is 0.509. The van der Waals surface area contributed by atoms with Gasteiger partial charge in [0.2, 0.25) is 0 Å². The van der Waals surface area contributed by atoms with Crippen LogP contribution >= 0.6 is 0 Å². The van der Waals surface area contributed by atoms with E-state index in [4.69, 9.17) is 9.47 Å². The number of carbonyl (C=O) groups excluding carboxylic acids is 1. The van der Waals surface area contributed by atoms with Crippen molar-refractivity contribution in [3.05, 3.63) is 66.2 Å². The first-order valence-corrected chi connectivity index (χ1v) is 6.85. The fraction of sp³-hybridized carbons (Fsp3) is 0.235. The van der Waals surface area contributed by atoms with Crippen LogP contribution in [0.2, 0.25) is 0 Å². The highest BCUT2D eigenvalue weighted by molar-refractivity contribution is 5.77. The molecule has 0 aliphatic heterocycles. The predicted octanol–water partition coefficient (Wildman–Crippen LogP) is 2.57. The van der Waals surface area contributed by atoms with E-state index in [0.717, 1.165) is 11.3 Å². The fourth-order valence-electron chi connectivity index (χ4n) is 1.99. The number of hydrogen-bond acceptors (Lipinski definition) is 4. The Morgan fingerprint density at radius 2 is 1.67 bits per heavy atom. The summed E-state index contributed by atoms with van der Waals surface area (Å²) in [7, 11) is 1.39. The molecule has 110 valence electrons. The summed E-state index contributed by atoms with van der Waals surface area (Å²) < 4.78 is 10.4. The lowest BCUT2D eigenvalue weighted by Gasteiger charge is -2.17. The molecule has 0 aliphatic carbocycles. The molecule has 21 heavy (non-hydrogen) atoms. The van der Waals surface area contributed by atoms with Crippen LogP contribution in [0.1, 0.15) is 11.6 Å². The molecular weight excluding hydrogens is 266 g/mol. The van der Waals surface area contributed by atoms with Gasteiger partial charge in [-0.15, -0.1) is 0 Å². The molecule has 1 atom stereocenters. The topological polar surface area (TPSA) is 47.6 Å². The van der Waals surface area contributed by atoms with Crippen LogP contribution in [-0.2, 0) is 9.53 Å². The number of nitrogens with one attached hydrogen (secondary N) is 1. The molecule has 2 rings (SSSR count). The van der Waals surface area contributed by atoms with Crippen molar-refractivity contribution in [2.24, 2.45) is 0 Å². The first kappa shape index (κ1) is 15.1. The van der Waals surface area contributed by atoms with E-state index in [1.807, 2.05) is 60.7 Å². The van der Waals surface area contributed by atoms with E-state index in [2.05, 4.69) is 5.32 Å². The Labute approximate surface area is 124 Å². The zero-order valence-corrected chi connectivity index (χ0v) is 12.0. The molecule has 0 aromatic heterocycles. The average Bonchev–Trinajstić information content (AvgIpc) is 2.56. The van der Waals surface area contributed by atoms with Crippen LogP contribution in [0.4, 0.5) is 0 Å². The SMILES string of the molecule is COC(=O)C(NCCOc1ccccc1)c1ccccc1. The highest BCUT2D eigenvalue weighted by Gasteiger charge is 2.20. The Morgan fingerprint density at radius 3 is 2.29 bits per heavy atom. The van der Waals surface area contributed by atoms with Gasteiger partial charge in [-0.3, -0.25) is 5.32 Å². The summed E-state index contributed by atoms with van der Waals surface area (Å²) in [4.78, 5) is 11.9. The van der Waals surface area contributed by atoms with Gasteiger partial charge >= 0.3 is 5.97 Å². The maximum atomic E-state index is 11.9. The number of rotatable bonds is 7. The number of esters is 1. The van der Waals surface area contributed by atoms with Crippen molar-refractivity contribution in [2.45, 2.75) is 6.04 Å². The van der Waals surface area contributed by atoms with Crippen LogP contribution in [-0.4, -0.2) is 26.2 Å². The van der Waals surface area contributed by atoms with E-state index >= 15 is 0 Å². The van der Waals surface area contributed by atoms with Crippen molar-refractivity contribution < 1.29 is 14.3 Å². The number of hydrogen-bond donors (Lipinski definition) is 1. The highest BCUT2D eigenvalue weighted by atomic mass is 16.5. The summed E-state index contributed by atoms with van der Waals surface area (Å²) in [6.07, 6.45) is 0. The normalized spacial score (nSPS) is 11.7. The van der Waals surface area contributed by atoms with Gasteiger partial charge in [-0.25, -0.2) is 4.79 Å². The van der Waals surface area contributed by atoms with E-state index in [1.54, 1.807) is 0 Å². The molecule has 1 unspecified atom stereocenters. The average molecular weight is 285 g/mol. The molecule has 0 radical (unpaired) electrons. The Kier molecular flexibility index (Phi) is 5.79. The van der Waals surface area contributed by atoms with E-state index in [9.17, 15) is 4.79 Å². The third-order valence-corrected chi connectivity index (χ3v) is 3.03. The maximum absolute atomic E-state index is 11.9. The van der Waals surface area contributed by atoms with E-state index in [1.165, 1.54) is 7.11 Å². The first-order chi connectivity index (χ1) is 10.3. The zero-order chi connectivity index (χ0) is 14.9. The standard InChI is InChI=1S/C17H19NO3/c1-20-17(19)16(14-8-4-2-5-9-14)18-12-13-21-15-10-6-3-7-11-15/h2-11,16,18H,12-13H2,1H3. The van der Waals surface area contributed by atoms with Gasteiger partial charge in [0.1, 0.15) is 18.4 Å². The second-order valence-corrected chi connectivity index (χ2v) is 4.48. The largest absolute Gasteiger partial charge is 0.492 e.